The van der Waals surface area contributed by atoms with Crippen LogP contribution in [0.5, 0.6) is 0 Å². The lowest BCUT2D eigenvalue weighted by molar-refractivity contribution is 0.192. The maximum Gasteiger partial charge on any atom is 0.218 e. The molecule has 6 heteroatoms. The van der Waals surface area contributed by atoms with Crippen molar-refractivity contribution in [1.82, 2.24) is 4.31 Å². The van der Waals surface area contributed by atoms with Crippen LogP contribution in [-0.2, 0) is 22.3 Å². The Kier molecular flexibility index (Phi) is 5.75. The molecule has 0 bridgehead atoms. The number of benzene rings is 1. The van der Waals surface area contributed by atoms with E-state index >= 15 is 0 Å². The molecule has 1 atom stereocenters. The SMILES string of the molecule is NCc1ccccc1CS(=O)(=O)N1CCCCC1CCO. The van der Waals surface area contributed by atoms with Gasteiger partial charge in [0.2, 0.25) is 10.0 Å². The van der Waals surface area contributed by atoms with E-state index in [1.165, 1.54) is 0 Å². The molecule has 1 aromatic rings. The van der Waals surface area contributed by atoms with E-state index in [1.807, 2.05) is 24.3 Å². The molecular formula is C15H24N2O3S. The van der Waals surface area contributed by atoms with Crippen LogP contribution in [-0.4, -0.2) is 37.0 Å². The van der Waals surface area contributed by atoms with E-state index in [0.717, 1.165) is 30.4 Å². The lowest BCUT2D eigenvalue weighted by Gasteiger charge is -2.34. The molecule has 1 saturated heterocycles. The van der Waals surface area contributed by atoms with Crippen LogP contribution in [0.2, 0.25) is 0 Å². The Morgan fingerprint density at radius 2 is 1.95 bits per heavy atom. The van der Waals surface area contributed by atoms with Gasteiger partial charge in [0, 0.05) is 25.7 Å². The third-order valence-corrected chi connectivity index (χ3v) is 5.94. The van der Waals surface area contributed by atoms with Gasteiger partial charge in [0.1, 0.15) is 0 Å². The minimum absolute atomic E-state index is 0.0116. The van der Waals surface area contributed by atoms with Gasteiger partial charge < -0.3 is 10.8 Å². The van der Waals surface area contributed by atoms with E-state index in [0.29, 0.717) is 19.5 Å². The minimum Gasteiger partial charge on any atom is -0.396 e. The van der Waals surface area contributed by atoms with Crippen LogP contribution in [0.3, 0.4) is 0 Å². The molecule has 1 unspecified atom stereocenters. The Labute approximate surface area is 126 Å². The number of hydrogen-bond donors (Lipinski definition) is 2. The van der Waals surface area contributed by atoms with Crippen LogP contribution in [0.15, 0.2) is 24.3 Å². The first kappa shape index (κ1) is 16.4. The molecule has 0 amide bonds. The molecule has 1 aromatic carbocycles. The lowest BCUT2D eigenvalue weighted by Crippen LogP contribution is -2.44. The number of hydrogen-bond acceptors (Lipinski definition) is 4. The van der Waals surface area contributed by atoms with Crippen molar-refractivity contribution in [2.75, 3.05) is 13.2 Å². The zero-order chi connectivity index (χ0) is 15.3. The van der Waals surface area contributed by atoms with Crippen LogP contribution < -0.4 is 5.73 Å². The van der Waals surface area contributed by atoms with Crippen LogP contribution in [0.4, 0.5) is 0 Å². The van der Waals surface area contributed by atoms with E-state index in [4.69, 9.17) is 10.8 Å². The van der Waals surface area contributed by atoms with Gasteiger partial charge >= 0.3 is 0 Å². The predicted molar refractivity (Wildman–Crippen MR) is 83.0 cm³/mol. The van der Waals surface area contributed by atoms with Gasteiger partial charge in [-0.3, -0.25) is 0 Å². The summed E-state index contributed by atoms with van der Waals surface area (Å²) in [6.45, 7) is 0.916. The molecule has 0 radical (unpaired) electrons. The number of aliphatic hydroxyl groups is 1. The van der Waals surface area contributed by atoms with Gasteiger partial charge in [-0.15, -0.1) is 0 Å². The molecule has 1 heterocycles. The van der Waals surface area contributed by atoms with E-state index in [1.54, 1.807) is 4.31 Å². The second-order valence-electron chi connectivity index (χ2n) is 5.50. The number of piperidine rings is 1. The lowest BCUT2D eigenvalue weighted by atomic mass is 10.0. The molecule has 0 saturated carbocycles. The molecule has 0 spiro atoms. The highest BCUT2D eigenvalue weighted by atomic mass is 32.2. The number of rotatable bonds is 6. The molecule has 1 fully saturated rings. The fourth-order valence-electron chi connectivity index (χ4n) is 2.95. The van der Waals surface area contributed by atoms with E-state index in [2.05, 4.69) is 0 Å². The van der Waals surface area contributed by atoms with Gasteiger partial charge in [0.25, 0.3) is 0 Å². The van der Waals surface area contributed by atoms with Gasteiger partial charge in [-0.2, -0.15) is 4.31 Å². The molecule has 1 aliphatic heterocycles. The summed E-state index contributed by atoms with van der Waals surface area (Å²) in [5.74, 6) is -0.0116. The maximum atomic E-state index is 12.7. The summed E-state index contributed by atoms with van der Waals surface area (Å²) in [5, 5.41) is 9.14. The van der Waals surface area contributed by atoms with Crippen molar-refractivity contribution >= 4 is 10.0 Å². The van der Waals surface area contributed by atoms with Crippen molar-refractivity contribution in [1.29, 1.82) is 0 Å². The van der Waals surface area contributed by atoms with E-state index in [-0.39, 0.29) is 18.4 Å². The Balaban J connectivity index is 2.20. The normalized spacial score (nSPS) is 20.6. The zero-order valence-corrected chi connectivity index (χ0v) is 13.1. The molecule has 0 aliphatic carbocycles. The Morgan fingerprint density at radius 3 is 2.62 bits per heavy atom. The average Bonchev–Trinajstić information content (AvgIpc) is 2.48. The molecule has 3 N–H and O–H groups in total. The summed E-state index contributed by atoms with van der Waals surface area (Å²) < 4.78 is 27.0. The highest BCUT2D eigenvalue weighted by Gasteiger charge is 2.32. The molecule has 1 aliphatic rings. The van der Waals surface area contributed by atoms with Gasteiger partial charge in [0.15, 0.2) is 0 Å². The monoisotopic (exact) mass is 312 g/mol. The van der Waals surface area contributed by atoms with E-state index < -0.39 is 10.0 Å². The Bertz CT molecular complexity index is 558. The topological polar surface area (TPSA) is 83.6 Å². The van der Waals surface area contributed by atoms with Crippen LogP contribution in [0.1, 0.15) is 36.8 Å². The van der Waals surface area contributed by atoms with Crippen molar-refractivity contribution in [2.45, 2.75) is 44.0 Å². The first-order valence-electron chi connectivity index (χ1n) is 7.45. The van der Waals surface area contributed by atoms with Crippen molar-refractivity contribution in [2.24, 2.45) is 5.73 Å². The fourth-order valence-corrected chi connectivity index (χ4v) is 4.87. The average molecular weight is 312 g/mol. The number of aliphatic hydroxyl groups excluding tert-OH is 1. The van der Waals surface area contributed by atoms with Gasteiger partial charge in [-0.25, -0.2) is 8.42 Å². The van der Waals surface area contributed by atoms with Gasteiger partial charge in [-0.05, 0) is 30.4 Å². The molecule has 0 aromatic heterocycles. The molecular weight excluding hydrogens is 288 g/mol. The molecule has 118 valence electrons. The summed E-state index contributed by atoms with van der Waals surface area (Å²) >= 11 is 0. The largest absolute Gasteiger partial charge is 0.396 e. The number of nitrogens with two attached hydrogens (primary N) is 1. The van der Waals surface area contributed by atoms with Crippen molar-refractivity contribution < 1.29 is 13.5 Å². The van der Waals surface area contributed by atoms with Crippen molar-refractivity contribution in [3.8, 4) is 0 Å². The highest BCUT2D eigenvalue weighted by Crippen LogP contribution is 2.25. The number of sulfonamides is 1. The standard InChI is InChI=1S/C15H24N2O3S/c16-11-13-5-1-2-6-14(13)12-21(19,20)17-9-4-3-7-15(17)8-10-18/h1-2,5-6,15,18H,3-4,7-12,16H2. The summed E-state index contributed by atoms with van der Waals surface area (Å²) in [5.41, 5.74) is 7.33. The third kappa shape index (κ3) is 4.03. The van der Waals surface area contributed by atoms with Crippen LogP contribution in [0, 0.1) is 0 Å². The van der Waals surface area contributed by atoms with Crippen LogP contribution >= 0.6 is 0 Å². The maximum absolute atomic E-state index is 12.7. The van der Waals surface area contributed by atoms with Gasteiger partial charge in [0.05, 0.1) is 5.75 Å². The molecule has 5 nitrogen and oxygen atoms in total. The van der Waals surface area contributed by atoms with Gasteiger partial charge in [-0.1, -0.05) is 30.7 Å². The van der Waals surface area contributed by atoms with Crippen molar-refractivity contribution in [3.63, 3.8) is 0 Å². The second kappa shape index (κ2) is 7.35. The zero-order valence-electron chi connectivity index (χ0n) is 12.2. The molecule has 2 rings (SSSR count). The fraction of sp³-hybridized carbons (Fsp3) is 0.600. The Morgan fingerprint density at radius 1 is 1.24 bits per heavy atom. The quantitative estimate of drug-likeness (QED) is 0.827. The van der Waals surface area contributed by atoms with Crippen LogP contribution in [0.25, 0.3) is 0 Å². The Hall–Kier alpha value is -0.950. The molecule has 21 heavy (non-hydrogen) atoms. The summed E-state index contributed by atoms with van der Waals surface area (Å²) in [6.07, 6.45) is 3.26. The highest BCUT2D eigenvalue weighted by molar-refractivity contribution is 7.88. The van der Waals surface area contributed by atoms with Crippen molar-refractivity contribution in [3.05, 3.63) is 35.4 Å². The first-order chi connectivity index (χ1) is 10.1. The second-order valence-corrected chi connectivity index (χ2v) is 7.42. The third-order valence-electron chi connectivity index (χ3n) is 4.07. The summed E-state index contributed by atoms with van der Waals surface area (Å²) in [6, 6.07) is 7.33. The smallest absolute Gasteiger partial charge is 0.218 e. The summed E-state index contributed by atoms with van der Waals surface area (Å²) in [7, 11) is -3.37. The number of nitrogens with zero attached hydrogens (tertiary/aromatic N) is 1. The minimum atomic E-state index is -3.37. The predicted octanol–water partition coefficient (Wildman–Crippen LogP) is 1.21. The first-order valence-corrected chi connectivity index (χ1v) is 9.06. The van der Waals surface area contributed by atoms with E-state index in [9.17, 15) is 8.42 Å². The summed E-state index contributed by atoms with van der Waals surface area (Å²) in [4.78, 5) is 0.